The summed E-state index contributed by atoms with van der Waals surface area (Å²) in [4.78, 5) is 53.0. The van der Waals surface area contributed by atoms with Crippen molar-refractivity contribution in [2.24, 2.45) is 5.92 Å². The van der Waals surface area contributed by atoms with Crippen molar-refractivity contribution in [3.05, 3.63) is 54.1 Å². The van der Waals surface area contributed by atoms with Crippen molar-refractivity contribution in [1.82, 2.24) is 4.90 Å². The van der Waals surface area contributed by atoms with E-state index >= 15 is 0 Å². The molecule has 8 nitrogen and oxygen atoms in total. The van der Waals surface area contributed by atoms with Gasteiger partial charge in [0.2, 0.25) is 17.7 Å². The Labute approximate surface area is 196 Å². The lowest BCUT2D eigenvalue weighted by molar-refractivity contribution is -0.136. The fourth-order valence-corrected chi connectivity index (χ4v) is 5.03. The number of amides is 3. The highest BCUT2D eigenvalue weighted by Crippen LogP contribution is 2.36. The van der Waals surface area contributed by atoms with Crippen LogP contribution in [0.5, 0.6) is 0 Å². The zero-order valence-corrected chi connectivity index (χ0v) is 19.0. The van der Waals surface area contributed by atoms with Gasteiger partial charge in [-0.25, -0.2) is 4.79 Å². The molecule has 2 heterocycles. The predicted molar refractivity (Wildman–Crippen MR) is 125 cm³/mol. The number of para-hydroxylation sites is 1. The lowest BCUT2D eigenvalue weighted by atomic mass is 9.96. The maximum absolute atomic E-state index is 13.1. The van der Waals surface area contributed by atoms with Gasteiger partial charge in [-0.2, -0.15) is 0 Å². The van der Waals surface area contributed by atoms with Crippen LogP contribution in [0, 0.1) is 5.92 Å². The minimum absolute atomic E-state index is 0.223. The van der Waals surface area contributed by atoms with Crippen molar-refractivity contribution in [2.45, 2.75) is 29.9 Å². The summed E-state index contributed by atoms with van der Waals surface area (Å²) in [6.45, 7) is 2.75. The average molecular weight is 468 g/mol. The number of hydrogen-bond acceptors (Lipinski definition) is 6. The molecule has 1 fully saturated rings. The number of fused-ring (bicyclic) bond motifs is 1. The summed E-state index contributed by atoms with van der Waals surface area (Å²) in [7, 11) is 0. The summed E-state index contributed by atoms with van der Waals surface area (Å²) in [5.74, 6) is -1.70. The fraction of sp³-hybridized carbons (Fsp3) is 0.333. The number of likely N-dealkylation sites (tertiary alicyclic amines) is 1. The quantitative estimate of drug-likeness (QED) is 0.517. The molecular weight excluding hydrogens is 442 g/mol. The molecule has 9 heteroatoms. The molecule has 1 saturated heterocycles. The zero-order chi connectivity index (χ0) is 23.4. The van der Waals surface area contributed by atoms with Crippen molar-refractivity contribution >= 4 is 46.8 Å². The maximum atomic E-state index is 13.1. The number of thioether (sulfide) groups is 1. The molecule has 2 N–H and O–H groups in total. The smallest absolute Gasteiger partial charge is 0.338 e. The van der Waals surface area contributed by atoms with E-state index in [0.717, 1.165) is 4.90 Å². The molecule has 2 unspecified atom stereocenters. The van der Waals surface area contributed by atoms with Crippen LogP contribution in [0.2, 0.25) is 0 Å². The Kier molecular flexibility index (Phi) is 6.98. The Balaban J connectivity index is 1.40. The van der Waals surface area contributed by atoms with E-state index in [4.69, 9.17) is 4.74 Å². The van der Waals surface area contributed by atoms with Crippen molar-refractivity contribution in [3.8, 4) is 0 Å². The average Bonchev–Trinajstić information content (AvgIpc) is 2.83. The van der Waals surface area contributed by atoms with Gasteiger partial charge in [-0.05, 0) is 50.1 Å². The summed E-state index contributed by atoms with van der Waals surface area (Å²) in [6.07, 6.45) is 1.31. The molecule has 0 spiro atoms. The molecule has 2 aromatic rings. The molecule has 0 bridgehead atoms. The normalized spacial score (nSPS) is 19.8. The third-order valence-corrected chi connectivity index (χ3v) is 6.86. The number of piperidine rings is 1. The lowest BCUT2D eigenvalue weighted by Gasteiger charge is -2.35. The lowest BCUT2D eigenvalue weighted by Crippen LogP contribution is -2.50. The van der Waals surface area contributed by atoms with E-state index in [1.165, 1.54) is 11.8 Å². The summed E-state index contributed by atoms with van der Waals surface area (Å²) >= 11 is 1.24. The number of benzene rings is 2. The molecule has 2 aliphatic rings. The monoisotopic (exact) mass is 467 g/mol. The number of carbonyl (C=O) groups excluding carboxylic acids is 4. The Hall–Kier alpha value is -3.33. The van der Waals surface area contributed by atoms with E-state index in [1.54, 1.807) is 42.2 Å². The molecule has 33 heavy (non-hydrogen) atoms. The highest BCUT2D eigenvalue weighted by molar-refractivity contribution is 8.01. The van der Waals surface area contributed by atoms with Gasteiger partial charge in [0, 0.05) is 23.7 Å². The van der Waals surface area contributed by atoms with Crippen LogP contribution in [0.15, 0.2) is 53.4 Å². The predicted octanol–water partition coefficient (Wildman–Crippen LogP) is 3.15. The van der Waals surface area contributed by atoms with Gasteiger partial charge in [0.05, 0.1) is 23.8 Å². The van der Waals surface area contributed by atoms with E-state index in [9.17, 15) is 19.2 Å². The van der Waals surface area contributed by atoms with Crippen molar-refractivity contribution < 1.29 is 23.9 Å². The third-order valence-electron chi connectivity index (χ3n) is 5.60. The maximum Gasteiger partial charge on any atom is 0.338 e. The first-order chi connectivity index (χ1) is 16.0. The summed E-state index contributed by atoms with van der Waals surface area (Å²) in [5.41, 5.74) is 1.56. The highest BCUT2D eigenvalue weighted by atomic mass is 32.2. The van der Waals surface area contributed by atoms with E-state index in [1.807, 2.05) is 18.2 Å². The number of rotatable bonds is 5. The van der Waals surface area contributed by atoms with Crippen molar-refractivity contribution in [3.63, 3.8) is 0 Å². The minimum Gasteiger partial charge on any atom is -0.462 e. The van der Waals surface area contributed by atoms with Gasteiger partial charge >= 0.3 is 5.97 Å². The number of esters is 1. The molecule has 0 saturated carbocycles. The van der Waals surface area contributed by atoms with Crippen molar-refractivity contribution in [1.29, 1.82) is 0 Å². The number of nitrogens with one attached hydrogen (secondary N) is 2. The molecule has 0 aromatic heterocycles. The van der Waals surface area contributed by atoms with Crippen LogP contribution < -0.4 is 10.6 Å². The molecule has 0 aliphatic carbocycles. The van der Waals surface area contributed by atoms with E-state index in [0.29, 0.717) is 36.3 Å². The van der Waals surface area contributed by atoms with Crippen LogP contribution >= 0.6 is 11.8 Å². The second kappa shape index (κ2) is 10.1. The number of hydrogen-bond donors (Lipinski definition) is 2. The molecular formula is C24H25N3O5S. The van der Waals surface area contributed by atoms with Crippen LogP contribution in [0.25, 0.3) is 0 Å². The van der Waals surface area contributed by atoms with E-state index in [-0.39, 0.29) is 30.9 Å². The van der Waals surface area contributed by atoms with Crippen LogP contribution in [0.3, 0.4) is 0 Å². The summed E-state index contributed by atoms with van der Waals surface area (Å²) in [5, 5.41) is 4.76. The largest absolute Gasteiger partial charge is 0.462 e. The Morgan fingerprint density at radius 3 is 2.82 bits per heavy atom. The molecule has 4 rings (SSSR count). The van der Waals surface area contributed by atoms with E-state index in [2.05, 4.69) is 10.6 Å². The van der Waals surface area contributed by atoms with Gasteiger partial charge in [0.1, 0.15) is 0 Å². The Morgan fingerprint density at radius 1 is 1.18 bits per heavy atom. The second-order valence-corrected chi connectivity index (χ2v) is 9.04. The minimum atomic E-state index is -0.872. The topological polar surface area (TPSA) is 105 Å². The first-order valence-corrected chi connectivity index (χ1v) is 11.8. The van der Waals surface area contributed by atoms with Gasteiger partial charge in [-0.3, -0.25) is 14.4 Å². The van der Waals surface area contributed by atoms with Gasteiger partial charge in [0.15, 0.2) is 5.25 Å². The Bertz CT molecular complexity index is 1090. The van der Waals surface area contributed by atoms with Crippen LogP contribution in [-0.4, -0.2) is 53.5 Å². The van der Waals surface area contributed by atoms with Gasteiger partial charge in [0.25, 0.3) is 0 Å². The molecule has 3 amide bonds. The first kappa shape index (κ1) is 22.8. The van der Waals surface area contributed by atoms with Crippen LogP contribution in [0.1, 0.15) is 30.1 Å². The summed E-state index contributed by atoms with van der Waals surface area (Å²) < 4.78 is 5.00. The number of nitrogens with zero attached hydrogens (tertiary/aromatic N) is 1. The van der Waals surface area contributed by atoms with Crippen molar-refractivity contribution in [2.75, 3.05) is 30.3 Å². The highest BCUT2D eigenvalue weighted by Gasteiger charge is 2.38. The number of ether oxygens (including phenoxy) is 1. The Morgan fingerprint density at radius 2 is 2.00 bits per heavy atom. The van der Waals surface area contributed by atoms with Crippen LogP contribution in [0.4, 0.5) is 11.4 Å². The van der Waals surface area contributed by atoms with Gasteiger partial charge in [-0.15, -0.1) is 11.8 Å². The number of anilines is 2. The second-order valence-electron chi connectivity index (χ2n) is 7.90. The van der Waals surface area contributed by atoms with Gasteiger partial charge in [-0.1, -0.05) is 18.2 Å². The molecule has 0 radical (unpaired) electrons. The van der Waals surface area contributed by atoms with E-state index < -0.39 is 17.1 Å². The molecule has 2 aromatic carbocycles. The molecule has 2 aliphatic heterocycles. The fourth-order valence-electron chi connectivity index (χ4n) is 3.95. The third kappa shape index (κ3) is 5.19. The zero-order valence-electron chi connectivity index (χ0n) is 18.2. The standard InChI is InChI=1S/C24H25N3O5S/c1-2-32-24(31)15-7-5-9-17(13-15)25-21(28)16-8-6-12-27(14-16)23(30)20-22(29)26-18-10-3-4-11-19(18)33-20/h3-5,7,9-11,13,16,20H,2,6,8,12,14H2,1H3,(H,25,28)(H,26,29). The SMILES string of the molecule is CCOC(=O)c1cccc(NC(=O)C2CCCN(C(=O)C3Sc4ccccc4NC3=O)C2)c1. The van der Waals surface area contributed by atoms with Gasteiger partial charge < -0.3 is 20.3 Å². The molecule has 2 atom stereocenters. The molecule has 172 valence electrons. The summed E-state index contributed by atoms with van der Waals surface area (Å²) in [6, 6.07) is 13.9. The van der Waals surface area contributed by atoms with Crippen LogP contribution in [-0.2, 0) is 19.1 Å². The number of carbonyl (C=O) groups is 4. The first-order valence-electron chi connectivity index (χ1n) is 10.9.